The molecule has 0 radical (unpaired) electrons. The lowest BCUT2D eigenvalue weighted by atomic mass is 9.30. The minimum absolute atomic E-state index is 0.0123. The van der Waals surface area contributed by atoms with Crippen LogP contribution in [0.25, 0.3) is 0 Å². The third-order valence-electron chi connectivity index (χ3n) is 15.5. The molecule has 0 atom stereocenters. The molecule has 0 fully saturated rings. The number of nitrogens with one attached hydrogen (secondary N) is 1. The van der Waals surface area contributed by atoms with Crippen LogP contribution in [0.2, 0.25) is 0 Å². The van der Waals surface area contributed by atoms with Crippen LogP contribution >= 0.6 is 0 Å². The molecule has 6 nitrogen and oxygen atoms in total. The molecule has 0 amide bonds. The van der Waals surface area contributed by atoms with Crippen molar-refractivity contribution in [2.75, 3.05) is 15.1 Å². The number of ether oxygens (including phenoxy) is 3. The van der Waals surface area contributed by atoms with Gasteiger partial charge in [-0.05, 0) is 174 Å². The normalized spacial score (nSPS) is 14.3. The predicted molar refractivity (Wildman–Crippen MR) is 287 cm³/mol. The van der Waals surface area contributed by atoms with E-state index in [1.54, 1.807) is 0 Å². The first kappa shape index (κ1) is 39.0. The Kier molecular flexibility index (Phi) is 7.80. The summed E-state index contributed by atoms with van der Waals surface area (Å²) < 4.78 is 21.2. The number of fused-ring (bicyclic) bond motifs is 12. The molecule has 15 rings (SSSR count). The minimum atomic E-state index is -0.164. The van der Waals surface area contributed by atoms with Gasteiger partial charge in [-0.15, -0.1) is 0 Å². The molecule has 1 N–H and O–H groups in total. The summed E-state index contributed by atoms with van der Waals surface area (Å²) in [5, 5.41) is 3.96. The monoisotopic (exact) mass is 887 g/mol. The molecular formula is C60H44B3N3O3. The molecule has 0 saturated heterocycles. The maximum absolute atomic E-state index is 7.23. The van der Waals surface area contributed by atoms with E-state index in [1.807, 2.05) is 0 Å². The second-order valence-electron chi connectivity index (χ2n) is 20.1. The number of rotatable bonds is 2. The van der Waals surface area contributed by atoms with Crippen molar-refractivity contribution in [2.45, 2.75) is 41.5 Å². The zero-order valence-corrected chi connectivity index (χ0v) is 39.3. The molecule has 0 saturated carbocycles. The van der Waals surface area contributed by atoms with Crippen LogP contribution in [-0.4, -0.2) is 20.1 Å². The van der Waals surface area contributed by atoms with Crippen LogP contribution in [0, 0.1) is 41.5 Å². The highest BCUT2D eigenvalue weighted by atomic mass is 16.5. The van der Waals surface area contributed by atoms with Gasteiger partial charge in [0.25, 0.3) is 20.1 Å². The van der Waals surface area contributed by atoms with Crippen molar-refractivity contribution >= 4 is 115 Å². The summed E-state index contributed by atoms with van der Waals surface area (Å²) >= 11 is 0. The summed E-state index contributed by atoms with van der Waals surface area (Å²) in [7, 11) is 0. The quantitative estimate of drug-likeness (QED) is 0.175. The lowest BCUT2D eigenvalue weighted by Gasteiger charge is -2.43. The van der Waals surface area contributed by atoms with Gasteiger partial charge in [0.1, 0.15) is 34.5 Å². The topological polar surface area (TPSA) is 46.2 Å². The number of hydrogen-bond acceptors (Lipinski definition) is 6. The van der Waals surface area contributed by atoms with Gasteiger partial charge in [0.15, 0.2) is 0 Å². The Morgan fingerprint density at radius 3 is 1.65 bits per heavy atom. The molecule has 0 spiro atoms. The van der Waals surface area contributed by atoms with E-state index >= 15 is 0 Å². The van der Waals surface area contributed by atoms with Crippen molar-refractivity contribution in [3.63, 3.8) is 0 Å². The van der Waals surface area contributed by atoms with E-state index in [4.69, 9.17) is 14.2 Å². The zero-order chi connectivity index (χ0) is 46.1. The molecule has 6 heterocycles. The lowest BCUT2D eigenvalue weighted by Crippen LogP contribution is -2.64. The number of hydrogen-bond donors (Lipinski definition) is 1. The number of para-hydroxylation sites is 3. The van der Waals surface area contributed by atoms with E-state index in [9.17, 15) is 0 Å². The van der Waals surface area contributed by atoms with Crippen LogP contribution in [0.3, 0.4) is 0 Å². The van der Waals surface area contributed by atoms with Crippen LogP contribution in [0.1, 0.15) is 33.4 Å². The second-order valence-corrected chi connectivity index (χ2v) is 20.1. The SMILES string of the molecule is Cc1cc(C)c(N2c3cc4c(cc3B3c5ccccc5Oc5cc(C)cc2c53)B2c3cc5c(cc3Oc3cc(C)cc(c32)O4)Nc2cc(C)cc3c2B5c2ccccc2N3c2ccccc2)c(C)c1. The highest BCUT2D eigenvalue weighted by Crippen LogP contribution is 2.47. The first-order chi connectivity index (χ1) is 33.6. The molecule has 0 aliphatic carbocycles. The average Bonchev–Trinajstić information content (AvgIpc) is 3.33. The Balaban J connectivity index is 0.986. The van der Waals surface area contributed by atoms with Crippen molar-refractivity contribution < 1.29 is 14.2 Å². The Morgan fingerprint density at radius 2 is 0.899 bits per heavy atom. The Hall–Kier alpha value is -8.03. The fourth-order valence-corrected chi connectivity index (χ4v) is 13.0. The summed E-state index contributed by atoms with van der Waals surface area (Å²) in [5.41, 5.74) is 27.1. The largest absolute Gasteiger partial charge is 0.458 e. The number of benzene rings is 9. The summed E-state index contributed by atoms with van der Waals surface area (Å²) in [4.78, 5) is 4.94. The van der Waals surface area contributed by atoms with Crippen LogP contribution in [0.5, 0.6) is 34.5 Å². The first-order valence-corrected chi connectivity index (χ1v) is 24.2. The van der Waals surface area contributed by atoms with Crippen LogP contribution in [0.15, 0.2) is 152 Å². The summed E-state index contributed by atoms with van der Waals surface area (Å²) in [5.74, 6) is 5.21. The standard InChI is InChI=1S/C60H44B3N3O3/c1-32-20-36(5)60(37(6)21-32)66-48-31-53-44(29-42(48)62-40-17-11-13-19-51(40)67-54-25-34(3)24-50(66)58(54)62)63-43-28-41-45(30-52(43)68-55-26-35(4)27-56(69-53)59(55)63)64-46-22-33(2)23-49-57(46)61(41)39-16-10-12-18-47(39)65(49)38-14-8-7-9-15-38/h7-31,64H,1-6H3. The maximum atomic E-state index is 7.23. The number of anilines is 8. The second kappa shape index (κ2) is 13.8. The van der Waals surface area contributed by atoms with Crippen molar-refractivity contribution in [3.8, 4) is 34.5 Å². The fourth-order valence-electron chi connectivity index (χ4n) is 13.0. The molecular weight excluding hydrogens is 843 g/mol. The first-order valence-electron chi connectivity index (χ1n) is 24.2. The summed E-state index contributed by atoms with van der Waals surface area (Å²) in [6.07, 6.45) is 0. The highest BCUT2D eigenvalue weighted by molar-refractivity contribution is 7.03. The maximum Gasteiger partial charge on any atom is 0.260 e. The summed E-state index contributed by atoms with van der Waals surface area (Å²) in [6.45, 7) is 12.9. The van der Waals surface area contributed by atoms with E-state index in [-0.39, 0.29) is 20.1 Å². The van der Waals surface area contributed by atoms with E-state index < -0.39 is 0 Å². The molecule has 9 aromatic carbocycles. The van der Waals surface area contributed by atoms with Gasteiger partial charge >= 0.3 is 0 Å². The van der Waals surface area contributed by atoms with E-state index in [2.05, 4.69) is 208 Å². The van der Waals surface area contributed by atoms with Gasteiger partial charge in [-0.25, -0.2) is 0 Å². The van der Waals surface area contributed by atoms with Crippen molar-refractivity contribution in [3.05, 3.63) is 185 Å². The summed E-state index contributed by atoms with van der Waals surface area (Å²) in [6, 6.07) is 56.1. The highest BCUT2D eigenvalue weighted by Gasteiger charge is 2.48. The molecule has 0 bridgehead atoms. The molecule has 6 aliphatic heterocycles. The third kappa shape index (κ3) is 5.36. The third-order valence-corrected chi connectivity index (χ3v) is 15.5. The Labute approximate surface area is 403 Å². The Bertz CT molecular complexity index is 3790. The van der Waals surface area contributed by atoms with Gasteiger partial charge in [-0.3, -0.25) is 0 Å². The van der Waals surface area contributed by atoms with Crippen molar-refractivity contribution in [1.82, 2.24) is 0 Å². The van der Waals surface area contributed by atoms with Crippen LogP contribution in [0.4, 0.5) is 45.5 Å². The van der Waals surface area contributed by atoms with Crippen molar-refractivity contribution in [1.29, 1.82) is 0 Å². The van der Waals surface area contributed by atoms with Gasteiger partial charge in [0.05, 0.1) is 5.69 Å². The van der Waals surface area contributed by atoms with E-state index in [1.165, 1.54) is 72.1 Å². The smallest absolute Gasteiger partial charge is 0.260 e. The molecule has 0 unspecified atom stereocenters. The van der Waals surface area contributed by atoms with E-state index in [0.717, 1.165) is 90.4 Å². The van der Waals surface area contributed by atoms with Gasteiger partial charge in [-0.2, -0.15) is 0 Å². The van der Waals surface area contributed by atoms with Gasteiger partial charge in [0, 0.05) is 57.4 Å². The van der Waals surface area contributed by atoms with Crippen molar-refractivity contribution in [2.24, 2.45) is 0 Å². The van der Waals surface area contributed by atoms with Gasteiger partial charge < -0.3 is 29.3 Å². The number of aryl methyl sites for hydroxylation is 6. The fraction of sp³-hybridized carbons (Fsp3) is 0.100. The molecule has 326 valence electrons. The van der Waals surface area contributed by atoms with Gasteiger partial charge in [0.2, 0.25) is 0 Å². The van der Waals surface area contributed by atoms with E-state index in [0.29, 0.717) is 0 Å². The van der Waals surface area contributed by atoms with Crippen LogP contribution < -0.4 is 78.5 Å². The Morgan fingerprint density at radius 1 is 0.348 bits per heavy atom. The van der Waals surface area contributed by atoms with Gasteiger partial charge in [-0.1, -0.05) is 84.4 Å². The molecule has 9 aromatic rings. The average molecular weight is 887 g/mol. The minimum Gasteiger partial charge on any atom is -0.458 e. The number of nitrogens with zero attached hydrogens (tertiary/aromatic N) is 2. The molecule has 9 heteroatoms. The zero-order valence-electron chi connectivity index (χ0n) is 39.3. The molecule has 69 heavy (non-hydrogen) atoms. The van der Waals surface area contributed by atoms with Crippen LogP contribution in [-0.2, 0) is 0 Å². The lowest BCUT2D eigenvalue weighted by molar-refractivity contribution is 0.464. The molecule has 6 aliphatic rings. The molecule has 0 aromatic heterocycles. The predicted octanol–water partition coefficient (Wildman–Crippen LogP) is 9.03.